The van der Waals surface area contributed by atoms with Gasteiger partial charge in [0.05, 0.1) is 23.7 Å². The maximum atomic E-state index is 13.0. The van der Waals surface area contributed by atoms with Gasteiger partial charge in [-0.1, -0.05) is 53.3 Å². The number of para-hydroxylation sites is 2. The van der Waals surface area contributed by atoms with Crippen molar-refractivity contribution in [1.82, 2.24) is 14.8 Å². The highest BCUT2D eigenvalue weighted by molar-refractivity contribution is 7.16. The summed E-state index contributed by atoms with van der Waals surface area (Å²) in [6, 6.07) is 16.0. The summed E-state index contributed by atoms with van der Waals surface area (Å²) in [5, 5.41) is 8.39. The summed E-state index contributed by atoms with van der Waals surface area (Å²) in [5.74, 6) is 0.444. The number of hydrogen-bond donors (Lipinski definition) is 1. The largest absolute Gasteiger partial charge is 0.492 e. The van der Waals surface area contributed by atoms with Crippen molar-refractivity contribution >= 4 is 22.9 Å². The van der Waals surface area contributed by atoms with Gasteiger partial charge in [0.2, 0.25) is 5.13 Å². The predicted molar refractivity (Wildman–Crippen MR) is 133 cm³/mol. The van der Waals surface area contributed by atoms with Crippen LogP contribution in [0.1, 0.15) is 50.4 Å². The van der Waals surface area contributed by atoms with Crippen molar-refractivity contribution < 1.29 is 9.53 Å². The molecule has 0 saturated heterocycles. The Kier molecular flexibility index (Phi) is 6.60. The molecule has 2 heterocycles. The second-order valence-electron chi connectivity index (χ2n) is 8.02. The van der Waals surface area contributed by atoms with Gasteiger partial charge in [0.25, 0.3) is 5.91 Å². The number of carbonyl (C=O) groups excluding carboxylic acids is 1. The standard InChI is InChI=1S/C26H28N4O2S/c1-6-32-23-10-8-7-9-22(23)28-25(31)24-18(4)27-26(33-24)30-19(5)21(17(3)29-30)15-20-13-11-16(2)12-14-20/h7-14H,6,15H2,1-5H3,(H,28,31). The molecule has 0 aliphatic rings. The summed E-state index contributed by atoms with van der Waals surface area (Å²) in [6.45, 7) is 10.5. The number of hydrogen-bond acceptors (Lipinski definition) is 5. The van der Waals surface area contributed by atoms with Crippen LogP contribution in [0.4, 0.5) is 5.69 Å². The van der Waals surface area contributed by atoms with Crippen LogP contribution in [-0.2, 0) is 6.42 Å². The van der Waals surface area contributed by atoms with Crippen molar-refractivity contribution in [1.29, 1.82) is 0 Å². The molecule has 0 atom stereocenters. The molecule has 4 aromatic rings. The summed E-state index contributed by atoms with van der Waals surface area (Å²) < 4.78 is 7.47. The minimum atomic E-state index is -0.204. The van der Waals surface area contributed by atoms with E-state index in [-0.39, 0.29) is 5.91 Å². The summed E-state index contributed by atoms with van der Waals surface area (Å²) >= 11 is 1.34. The molecule has 0 aliphatic heterocycles. The van der Waals surface area contributed by atoms with Gasteiger partial charge in [0.15, 0.2) is 0 Å². The zero-order valence-electron chi connectivity index (χ0n) is 19.6. The second kappa shape index (κ2) is 9.58. The molecule has 7 heteroatoms. The number of ether oxygens (including phenoxy) is 1. The smallest absolute Gasteiger partial charge is 0.267 e. The van der Waals surface area contributed by atoms with Crippen LogP contribution in [-0.4, -0.2) is 27.3 Å². The normalized spacial score (nSPS) is 10.9. The second-order valence-corrected chi connectivity index (χ2v) is 9.00. The molecular weight excluding hydrogens is 432 g/mol. The third-order valence-electron chi connectivity index (χ3n) is 5.55. The Morgan fingerprint density at radius 3 is 2.48 bits per heavy atom. The molecule has 2 aromatic heterocycles. The van der Waals surface area contributed by atoms with Crippen LogP contribution in [0.2, 0.25) is 0 Å². The van der Waals surface area contributed by atoms with Crippen molar-refractivity contribution in [3.8, 4) is 10.9 Å². The van der Waals surface area contributed by atoms with Gasteiger partial charge in [-0.3, -0.25) is 4.79 Å². The molecule has 1 N–H and O–H groups in total. The summed E-state index contributed by atoms with van der Waals surface area (Å²) in [5.41, 5.74) is 7.00. The van der Waals surface area contributed by atoms with Crippen molar-refractivity contribution in [2.75, 3.05) is 11.9 Å². The number of carbonyl (C=O) groups is 1. The molecule has 0 unspecified atom stereocenters. The van der Waals surface area contributed by atoms with E-state index < -0.39 is 0 Å². The van der Waals surface area contributed by atoms with E-state index in [0.717, 1.165) is 17.8 Å². The van der Waals surface area contributed by atoms with Gasteiger partial charge in [-0.15, -0.1) is 0 Å². The lowest BCUT2D eigenvalue weighted by molar-refractivity contribution is 0.102. The average Bonchev–Trinajstić information content (AvgIpc) is 3.31. The fraction of sp³-hybridized carbons (Fsp3) is 0.269. The lowest BCUT2D eigenvalue weighted by Crippen LogP contribution is -2.12. The Hall–Kier alpha value is -3.45. The zero-order chi connectivity index (χ0) is 23.5. The number of rotatable bonds is 7. The van der Waals surface area contributed by atoms with E-state index in [9.17, 15) is 4.79 Å². The molecule has 0 radical (unpaired) electrons. The Labute approximate surface area is 198 Å². The molecule has 0 saturated carbocycles. The summed E-state index contributed by atoms with van der Waals surface area (Å²) in [6.07, 6.45) is 0.809. The molecule has 1 amide bonds. The number of thiazole rings is 1. The topological polar surface area (TPSA) is 69.0 Å². The number of anilines is 1. The quantitative estimate of drug-likeness (QED) is 0.378. The van der Waals surface area contributed by atoms with E-state index in [1.807, 2.05) is 49.7 Å². The maximum Gasteiger partial charge on any atom is 0.267 e. The van der Waals surface area contributed by atoms with E-state index in [2.05, 4.69) is 48.4 Å². The summed E-state index contributed by atoms with van der Waals surface area (Å²) in [7, 11) is 0. The highest BCUT2D eigenvalue weighted by Crippen LogP contribution is 2.29. The van der Waals surface area contributed by atoms with Gasteiger partial charge in [0, 0.05) is 17.7 Å². The van der Waals surface area contributed by atoms with Crippen LogP contribution in [0.5, 0.6) is 5.75 Å². The van der Waals surface area contributed by atoms with Crippen molar-refractivity contribution in [3.05, 3.63) is 87.2 Å². The van der Waals surface area contributed by atoms with E-state index >= 15 is 0 Å². The molecule has 33 heavy (non-hydrogen) atoms. The van der Waals surface area contributed by atoms with E-state index in [0.29, 0.717) is 33.7 Å². The third-order valence-corrected chi connectivity index (χ3v) is 6.68. The lowest BCUT2D eigenvalue weighted by atomic mass is 10.0. The first kappa shape index (κ1) is 22.7. The monoisotopic (exact) mass is 460 g/mol. The Balaban J connectivity index is 1.60. The first-order valence-electron chi connectivity index (χ1n) is 11.0. The maximum absolute atomic E-state index is 13.0. The Bertz CT molecular complexity index is 1290. The zero-order valence-corrected chi connectivity index (χ0v) is 20.4. The summed E-state index contributed by atoms with van der Waals surface area (Å²) in [4.78, 5) is 18.3. The molecular formula is C26H28N4O2S. The van der Waals surface area contributed by atoms with E-state index in [1.165, 1.54) is 28.0 Å². The first-order chi connectivity index (χ1) is 15.9. The minimum Gasteiger partial charge on any atom is -0.492 e. The van der Waals surface area contributed by atoms with E-state index in [1.54, 1.807) is 0 Å². The third kappa shape index (κ3) is 4.83. The number of benzene rings is 2. The predicted octanol–water partition coefficient (Wildman–Crippen LogP) is 5.80. The number of amides is 1. The van der Waals surface area contributed by atoms with Crippen LogP contribution >= 0.6 is 11.3 Å². The molecule has 6 nitrogen and oxygen atoms in total. The van der Waals surface area contributed by atoms with Gasteiger partial charge in [-0.05, 0) is 52.3 Å². The molecule has 2 aromatic carbocycles. The van der Waals surface area contributed by atoms with Gasteiger partial charge < -0.3 is 10.1 Å². The highest BCUT2D eigenvalue weighted by Gasteiger charge is 2.21. The number of nitrogens with one attached hydrogen (secondary N) is 1. The van der Waals surface area contributed by atoms with Gasteiger partial charge in [-0.2, -0.15) is 5.10 Å². The van der Waals surface area contributed by atoms with Crippen molar-refractivity contribution in [2.45, 2.75) is 41.0 Å². The number of aryl methyl sites for hydroxylation is 3. The molecule has 0 fully saturated rings. The van der Waals surface area contributed by atoms with Crippen LogP contribution < -0.4 is 10.1 Å². The van der Waals surface area contributed by atoms with Crippen LogP contribution in [0.15, 0.2) is 48.5 Å². The van der Waals surface area contributed by atoms with Crippen molar-refractivity contribution in [3.63, 3.8) is 0 Å². The molecule has 4 rings (SSSR count). The number of aromatic nitrogens is 3. The highest BCUT2D eigenvalue weighted by atomic mass is 32.1. The molecule has 170 valence electrons. The first-order valence-corrected chi connectivity index (χ1v) is 11.8. The van der Waals surface area contributed by atoms with Crippen LogP contribution in [0, 0.1) is 27.7 Å². The fourth-order valence-corrected chi connectivity index (χ4v) is 4.71. The SMILES string of the molecule is CCOc1ccccc1NC(=O)c1sc(-n2nc(C)c(Cc3ccc(C)cc3)c2C)nc1C. The Morgan fingerprint density at radius 1 is 1.03 bits per heavy atom. The number of nitrogens with zero attached hydrogens (tertiary/aromatic N) is 3. The van der Waals surface area contributed by atoms with Crippen molar-refractivity contribution in [2.24, 2.45) is 0 Å². The average molecular weight is 461 g/mol. The van der Waals surface area contributed by atoms with E-state index in [4.69, 9.17) is 9.84 Å². The van der Waals surface area contributed by atoms with Crippen LogP contribution in [0.25, 0.3) is 5.13 Å². The van der Waals surface area contributed by atoms with Gasteiger partial charge in [-0.25, -0.2) is 9.67 Å². The molecule has 0 bridgehead atoms. The minimum absolute atomic E-state index is 0.204. The van der Waals surface area contributed by atoms with Crippen LogP contribution in [0.3, 0.4) is 0 Å². The molecule has 0 spiro atoms. The van der Waals surface area contributed by atoms with Gasteiger partial charge >= 0.3 is 0 Å². The molecule has 0 aliphatic carbocycles. The van der Waals surface area contributed by atoms with Gasteiger partial charge in [0.1, 0.15) is 10.6 Å². The fourth-order valence-electron chi connectivity index (χ4n) is 3.74. The lowest BCUT2D eigenvalue weighted by Gasteiger charge is -2.10. The Morgan fingerprint density at radius 2 is 1.76 bits per heavy atom.